The Bertz CT molecular complexity index is 1170. The SMILES string of the molecule is CC(OC(=O)CC(NC(=O)c1ccccc1)c1ccccc1)C(=O)Nc1ccc2c(c1)OCO2. The quantitative estimate of drug-likeness (QED) is 0.495. The number of anilines is 1. The van der Waals surface area contributed by atoms with Crippen LogP contribution in [0, 0.1) is 0 Å². The van der Waals surface area contributed by atoms with Crippen molar-refractivity contribution in [2.45, 2.75) is 25.5 Å². The van der Waals surface area contributed by atoms with Crippen molar-refractivity contribution in [3.8, 4) is 11.5 Å². The molecule has 3 aromatic rings. The first-order valence-electron chi connectivity index (χ1n) is 10.8. The Balaban J connectivity index is 1.37. The Morgan fingerprint density at radius 1 is 0.912 bits per heavy atom. The second-order valence-electron chi connectivity index (χ2n) is 7.70. The first-order chi connectivity index (χ1) is 16.5. The van der Waals surface area contributed by atoms with E-state index in [2.05, 4.69) is 10.6 Å². The molecule has 0 spiro atoms. The van der Waals surface area contributed by atoms with Gasteiger partial charge >= 0.3 is 5.97 Å². The zero-order chi connectivity index (χ0) is 23.9. The number of hydrogen-bond donors (Lipinski definition) is 2. The molecule has 8 nitrogen and oxygen atoms in total. The lowest BCUT2D eigenvalue weighted by molar-refractivity contribution is -0.153. The average molecular weight is 460 g/mol. The molecule has 1 heterocycles. The van der Waals surface area contributed by atoms with E-state index in [0.29, 0.717) is 22.7 Å². The maximum atomic E-state index is 12.7. The molecule has 0 bridgehead atoms. The fourth-order valence-electron chi connectivity index (χ4n) is 3.45. The minimum atomic E-state index is -1.04. The number of carbonyl (C=O) groups is 3. The van der Waals surface area contributed by atoms with Crippen LogP contribution in [0.3, 0.4) is 0 Å². The van der Waals surface area contributed by atoms with Gasteiger partial charge in [-0.05, 0) is 36.8 Å². The van der Waals surface area contributed by atoms with Gasteiger partial charge < -0.3 is 24.8 Å². The Morgan fingerprint density at radius 3 is 2.32 bits per heavy atom. The van der Waals surface area contributed by atoms with E-state index in [1.807, 2.05) is 36.4 Å². The number of nitrogens with one attached hydrogen (secondary N) is 2. The average Bonchev–Trinajstić information content (AvgIpc) is 3.32. The predicted octanol–water partition coefficient (Wildman–Crippen LogP) is 3.85. The first-order valence-corrected chi connectivity index (χ1v) is 10.8. The van der Waals surface area contributed by atoms with E-state index in [0.717, 1.165) is 5.56 Å². The van der Waals surface area contributed by atoms with E-state index in [1.54, 1.807) is 42.5 Å². The van der Waals surface area contributed by atoms with Gasteiger partial charge in [0.2, 0.25) is 6.79 Å². The van der Waals surface area contributed by atoms with E-state index in [-0.39, 0.29) is 19.1 Å². The van der Waals surface area contributed by atoms with Gasteiger partial charge in [0.25, 0.3) is 11.8 Å². The summed E-state index contributed by atoms with van der Waals surface area (Å²) in [6.45, 7) is 1.62. The summed E-state index contributed by atoms with van der Waals surface area (Å²) in [5.74, 6) is -0.285. The van der Waals surface area contributed by atoms with Crippen molar-refractivity contribution in [1.82, 2.24) is 5.32 Å². The summed E-state index contributed by atoms with van der Waals surface area (Å²) in [4.78, 5) is 37.9. The minimum absolute atomic E-state index is 0.129. The van der Waals surface area contributed by atoms with Gasteiger partial charge in [-0.3, -0.25) is 14.4 Å². The summed E-state index contributed by atoms with van der Waals surface area (Å²) in [5.41, 5.74) is 1.73. The van der Waals surface area contributed by atoms with Crippen LogP contribution < -0.4 is 20.1 Å². The van der Waals surface area contributed by atoms with Crippen LogP contribution in [0.25, 0.3) is 0 Å². The molecule has 8 heteroatoms. The normalized spacial score (nSPS) is 13.4. The first kappa shape index (κ1) is 22.8. The van der Waals surface area contributed by atoms with Crippen molar-refractivity contribution in [2.75, 3.05) is 12.1 Å². The standard InChI is InChI=1S/C26H24N2O6/c1-17(25(30)27-20-12-13-22-23(14-20)33-16-32-22)34-24(29)15-21(18-8-4-2-5-9-18)28-26(31)19-10-6-3-7-11-19/h2-14,17,21H,15-16H2,1H3,(H,27,30)(H,28,31). The van der Waals surface area contributed by atoms with Crippen molar-refractivity contribution in [3.05, 3.63) is 90.0 Å². The van der Waals surface area contributed by atoms with Crippen LogP contribution in [0.1, 0.15) is 35.3 Å². The maximum absolute atomic E-state index is 12.7. The molecular weight excluding hydrogens is 436 g/mol. The van der Waals surface area contributed by atoms with Crippen LogP contribution in [0.2, 0.25) is 0 Å². The number of rotatable bonds is 8. The molecule has 0 aliphatic carbocycles. The third-order valence-corrected chi connectivity index (χ3v) is 5.23. The predicted molar refractivity (Wildman–Crippen MR) is 124 cm³/mol. The highest BCUT2D eigenvalue weighted by Crippen LogP contribution is 2.34. The van der Waals surface area contributed by atoms with Crippen LogP contribution in [-0.4, -0.2) is 30.7 Å². The van der Waals surface area contributed by atoms with E-state index in [1.165, 1.54) is 6.92 Å². The molecule has 174 valence electrons. The third kappa shape index (κ3) is 5.72. The van der Waals surface area contributed by atoms with Crippen LogP contribution >= 0.6 is 0 Å². The van der Waals surface area contributed by atoms with Gasteiger partial charge in [0.1, 0.15) is 0 Å². The summed E-state index contributed by atoms with van der Waals surface area (Å²) in [6, 6.07) is 22.2. The molecule has 1 aliphatic rings. The van der Waals surface area contributed by atoms with Gasteiger partial charge in [-0.15, -0.1) is 0 Å². The summed E-state index contributed by atoms with van der Waals surface area (Å²) >= 11 is 0. The second kappa shape index (κ2) is 10.5. The highest BCUT2D eigenvalue weighted by molar-refractivity contribution is 5.96. The molecule has 2 amide bonds. The summed E-state index contributed by atoms with van der Waals surface area (Å²) < 4.78 is 15.9. The lowest BCUT2D eigenvalue weighted by Gasteiger charge is -2.20. The Labute approximate surface area is 196 Å². The van der Waals surface area contributed by atoms with Gasteiger partial charge in [-0.25, -0.2) is 0 Å². The largest absolute Gasteiger partial charge is 0.454 e. The zero-order valence-corrected chi connectivity index (χ0v) is 18.5. The minimum Gasteiger partial charge on any atom is -0.454 e. The second-order valence-corrected chi connectivity index (χ2v) is 7.70. The van der Waals surface area contributed by atoms with Gasteiger partial charge in [-0.2, -0.15) is 0 Å². The van der Waals surface area contributed by atoms with E-state index >= 15 is 0 Å². The smallest absolute Gasteiger partial charge is 0.309 e. The molecule has 2 unspecified atom stereocenters. The Kier molecular flexibility index (Phi) is 7.07. The highest BCUT2D eigenvalue weighted by atomic mass is 16.7. The fourth-order valence-corrected chi connectivity index (χ4v) is 3.45. The number of fused-ring (bicyclic) bond motifs is 1. The number of benzene rings is 3. The molecule has 3 aromatic carbocycles. The van der Waals surface area contributed by atoms with Crippen molar-refractivity contribution in [1.29, 1.82) is 0 Å². The number of hydrogen-bond acceptors (Lipinski definition) is 6. The topological polar surface area (TPSA) is 103 Å². The van der Waals surface area contributed by atoms with Gasteiger partial charge in [0, 0.05) is 17.3 Å². The molecule has 2 N–H and O–H groups in total. The molecule has 0 saturated carbocycles. The number of carbonyl (C=O) groups excluding carboxylic acids is 3. The monoisotopic (exact) mass is 460 g/mol. The summed E-state index contributed by atoms with van der Waals surface area (Å²) in [5, 5.41) is 5.57. The molecule has 0 radical (unpaired) electrons. The molecule has 0 saturated heterocycles. The lowest BCUT2D eigenvalue weighted by Crippen LogP contribution is -2.33. The van der Waals surface area contributed by atoms with Crippen LogP contribution in [0.4, 0.5) is 5.69 Å². The van der Waals surface area contributed by atoms with E-state index < -0.39 is 24.0 Å². The van der Waals surface area contributed by atoms with Crippen LogP contribution in [0.5, 0.6) is 11.5 Å². The molecule has 0 aromatic heterocycles. The van der Waals surface area contributed by atoms with Gasteiger partial charge in [-0.1, -0.05) is 48.5 Å². The van der Waals surface area contributed by atoms with Crippen molar-refractivity contribution in [2.24, 2.45) is 0 Å². The summed E-state index contributed by atoms with van der Waals surface area (Å²) in [6.07, 6.45) is -1.18. The van der Waals surface area contributed by atoms with Crippen molar-refractivity contribution in [3.63, 3.8) is 0 Å². The molecule has 0 fully saturated rings. The van der Waals surface area contributed by atoms with Crippen molar-refractivity contribution >= 4 is 23.5 Å². The molecule has 1 aliphatic heterocycles. The summed E-state index contributed by atoms with van der Waals surface area (Å²) in [7, 11) is 0. The zero-order valence-electron chi connectivity index (χ0n) is 18.5. The third-order valence-electron chi connectivity index (χ3n) is 5.23. The Morgan fingerprint density at radius 2 is 1.59 bits per heavy atom. The molecule has 2 atom stereocenters. The van der Waals surface area contributed by atoms with E-state index in [4.69, 9.17) is 14.2 Å². The molecule has 34 heavy (non-hydrogen) atoms. The fraction of sp³-hybridized carbons (Fsp3) is 0.192. The molecular formula is C26H24N2O6. The van der Waals surface area contributed by atoms with Crippen LogP contribution in [-0.2, 0) is 14.3 Å². The lowest BCUT2D eigenvalue weighted by atomic mass is 10.0. The van der Waals surface area contributed by atoms with Crippen molar-refractivity contribution < 1.29 is 28.6 Å². The highest BCUT2D eigenvalue weighted by Gasteiger charge is 2.24. The number of esters is 1. The van der Waals surface area contributed by atoms with E-state index in [9.17, 15) is 14.4 Å². The Hall–Kier alpha value is -4.33. The number of amides is 2. The van der Waals surface area contributed by atoms with Gasteiger partial charge in [0.05, 0.1) is 12.5 Å². The van der Waals surface area contributed by atoms with Gasteiger partial charge in [0.15, 0.2) is 17.6 Å². The number of ether oxygens (including phenoxy) is 3. The maximum Gasteiger partial charge on any atom is 0.309 e. The molecule has 4 rings (SSSR count). The van der Waals surface area contributed by atoms with Crippen LogP contribution in [0.15, 0.2) is 78.9 Å².